The summed E-state index contributed by atoms with van der Waals surface area (Å²) in [6.07, 6.45) is 10.0. The van der Waals surface area contributed by atoms with Crippen LogP contribution < -0.4 is 5.32 Å². The Kier molecular flexibility index (Phi) is 9.53. The van der Waals surface area contributed by atoms with Gasteiger partial charge < -0.3 is 5.32 Å². The van der Waals surface area contributed by atoms with Gasteiger partial charge in [0, 0.05) is 6.54 Å². The van der Waals surface area contributed by atoms with Gasteiger partial charge in [0.1, 0.15) is 0 Å². The van der Waals surface area contributed by atoms with E-state index < -0.39 is 0 Å². The molecule has 17 heavy (non-hydrogen) atoms. The van der Waals surface area contributed by atoms with Crippen LogP contribution in [0.2, 0.25) is 0 Å². The van der Waals surface area contributed by atoms with Crippen LogP contribution in [0.15, 0.2) is 12.7 Å². The van der Waals surface area contributed by atoms with Crippen molar-refractivity contribution >= 4 is 0 Å². The van der Waals surface area contributed by atoms with Crippen molar-refractivity contribution in [1.82, 2.24) is 5.32 Å². The summed E-state index contributed by atoms with van der Waals surface area (Å²) in [5.74, 6) is 0.862. The first-order valence-corrected chi connectivity index (χ1v) is 7.46. The Morgan fingerprint density at radius 2 is 1.94 bits per heavy atom. The third-order valence-electron chi connectivity index (χ3n) is 3.75. The van der Waals surface area contributed by atoms with Gasteiger partial charge in [-0.15, -0.1) is 6.58 Å². The molecular weight excluding hydrogens is 206 g/mol. The highest BCUT2D eigenvalue weighted by atomic mass is 14.9. The van der Waals surface area contributed by atoms with Crippen molar-refractivity contribution < 1.29 is 0 Å². The maximum absolute atomic E-state index is 4.04. The monoisotopic (exact) mass is 239 g/mol. The van der Waals surface area contributed by atoms with Crippen molar-refractivity contribution in [3.8, 4) is 0 Å². The molecule has 0 amide bonds. The Labute approximate surface area is 109 Å². The molecule has 0 aromatic carbocycles. The Balaban J connectivity index is 4.16. The molecule has 0 fully saturated rings. The Hall–Kier alpha value is -0.300. The van der Waals surface area contributed by atoms with Crippen molar-refractivity contribution in [2.75, 3.05) is 13.1 Å². The third kappa shape index (κ3) is 7.59. The van der Waals surface area contributed by atoms with E-state index >= 15 is 0 Å². The predicted molar refractivity (Wildman–Crippen MR) is 79.4 cm³/mol. The number of nitrogens with one attached hydrogen (secondary N) is 1. The Bertz CT molecular complexity index is 188. The minimum Gasteiger partial charge on any atom is -0.316 e. The second-order valence-electron chi connectivity index (χ2n) is 5.66. The van der Waals surface area contributed by atoms with Crippen molar-refractivity contribution in [2.24, 2.45) is 11.3 Å². The van der Waals surface area contributed by atoms with E-state index in [1.54, 1.807) is 0 Å². The van der Waals surface area contributed by atoms with Crippen LogP contribution in [0.3, 0.4) is 0 Å². The number of hydrogen-bond donors (Lipinski definition) is 1. The van der Waals surface area contributed by atoms with Gasteiger partial charge in [-0.3, -0.25) is 0 Å². The molecule has 0 aromatic heterocycles. The van der Waals surface area contributed by atoms with E-state index in [0.717, 1.165) is 19.0 Å². The summed E-state index contributed by atoms with van der Waals surface area (Å²) in [7, 11) is 0. The van der Waals surface area contributed by atoms with E-state index in [-0.39, 0.29) is 5.41 Å². The molecule has 1 N–H and O–H groups in total. The first kappa shape index (κ1) is 16.7. The molecule has 0 spiro atoms. The highest BCUT2D eigenvalue weighted by Gasteiger charge is 2.23. The first-order valence-electron chi connectivity index (χ1n) is 7.46. The van der Waals surface area contributed by atoms with E-state index in [1.807, 2.05) is 0 Å². The fraction of sp³-hybridized carbons (Fsp3) is 0.875. The molecule has 0 rings (SSSR count). The summed E-state index contributed by atoms with van der Waals surface area (Å²) < 4.78 is 0. The fourth-order valence-electron chi connectivity index (χ4n) is 2.38. The summed E-state index contributed by atoms with van der Waals surface area (Å²) in [6, 6.07) is 0. The van der Waals surface area contributed by atoms with Gasteiger partial charge >= 0.3 is 0 Å². The lowest BCUT2D eigenvalue weighted by atomic mass is 9.78. The SMILES string of the molecule is C=CC(C)(CNCCC)CC(CC)CCCC. The minimum atomic E-state index is 0.267. The van der Waals surface area contributed by atoms with Crippen molar-refractivity contribution in [3.05, 3.63) is 12.7 Å². The Morgan fingerprint density at radius 1 is 1.24 bits per heavy atom. The normalized spacial score (nSPS) is 16.5. The first-order chi connectivity index (χ1) is 8.11. The highest BCUT2D eigenvalue weighted by molar-refractivity contribution is 4.94. The molecule has 0 heterocycles. The van der Waals surface area contributed by atoms with Crippen LogP contribution in [0, 0.1) is 11.3 Å². The highest BCUT2D eigenvalue weighted by Crippen LogP contribution is 2.31. The molecule has 2 atom stereocenters. The number of rotatable bonds is 11. The zero-order chi connectivity index (χ0) is 13.1. The molecule has 0 aliphatic carbocycles. The molecule has 1 nitrogen and oxygen atoms in total. The predicted octanol–water partition coefficient (Wildman–Crippen LogP) is 4.78. The van der Waals surface area contributed by atoms with E-state index in [9.17, 15) is 0 Å². The van der Waals surface area contributed by atoms with Gasteiger partial charge in [-0.25, -0.2) is 0 Å². The summed E-state index contributed by atoms with van der Waals surface area (Å²) in [5.41, 5.74) is 0.267. The molecule has 0 saturated carbocycles. The van der Waals surface area contributed by atoms with Gasteiger partial charge in [-0.1, -0.05) is 59.5 Å². The third-order valence-corrected chi connectivity index (χ3v) is 3.75. The summed E-state index contributed by atoms with van der Waals surface area (Å²) in [6.45, 7) is 15.4. The van der Waals surface area contributed by atoms with Crippen LogP contribution in [0.1, 0.15) is 66.2 Å². The van der Waals surface area contributed by atoms with E-state index in [1.165, 1.54) is 38.5 Å². The smallest absolute Gasteiger partial charge is 0.00399 e. The fourth-order valence-corrected chi connectivity index (χ4v) is 2.38. The van der Waals surface area contributed by atoms with Crippen LogP contribution in [0.4, 0.5) is 0 Å². The van der Waals surface area contributed by atoms with E-state index in [0.29, 0.717) is 0 Å². The topological polar surface area (TPSA) is 12.0 Å². The van der Waals surface area contributed by atoms with Gasteiger partial charge in [0.05, 0.1) is 0 Å². The molecule has 0 aromatic rings. The standard InChI is InChI=1S/C16H33N/c1-6-10-11-15(8-3)13-16(5,9-4)14-17-12-7-2/h9,15,17H,4,6-8,10-14H2,1-3,5H3. The molecule has 0 saturated heterocycles. The van der Waals surface area contributed by atoms with Crippen LogP contribution >= 0.6 is 0 Å². The molecular formula is C16H33N. The maximum Gasteiger partial charge on any atom is 0.00399 e. The lowest BCUT2D eigenvalue weighted by Gasteiger charge is -2.30. The van der Waals surface area contributed by atoms with Gasteiger partial charge in [0.25, 0.3) is 0 Å². The largest absolute Gasteiger partial charge is 0.316 e. The van der Waals surface area contributed by atoms with Gasteiger partial charge in [-0.2, -0.15) is 0 Å². The number of hydrogen-bond acceptors (Lipinski definition) is 1. The van der Waals surface area contributed by atoms with Gasteiger partial charge in [-0.05, 0) is 30.7 Å². The van der Waals surface area contributed by atoms with E-state index in [4.69, 9.17) is 0 Å². The molecule has 0 aliphatic heterocycles. The average molecular weight is 239 g/mol. The van der Waals surface area contributed by atoms with Gasteiger partial charge in [0.15, 0.2) is 0 Å². The summed E-state index contributed by atoms with van der Waals surface area (Å²) in [5, 5.41) is 3.54. The lowest BCUT2D eigenvalue weighted by Crippen LogP contribution is -2.32. The zero-order valence-corrected chi connectivity index (χ0v) is 12.5. The molecule has 0 aliphatic rings. The molecule has 2 unspecified atom stereocenters. The molecule has 1 heteroatoms. The van der Waals surface area contributed by atoms with Crippen molar-refractivity contribution in [1.29, 1.82) is 0 Å². The van der Waals surface area contributed by atoms with E-state index in [2.05, 4.69) is 45.7 Å². The number of unbranched alkanes of at least 4 members (excludes halogenated alkanes) is 1. The second kappa shape index (κ2) is 9.70. The van der Waals surface area contributed by atoms with Crippen LogP contribution in [0.25, 0.3) is 0 Å². The summed E-state index contributed by atoms with van der Waals surface area (Å²) >= 11 is 0. The quantitative estimate of drug-likeness (QED) is 0.404. The van der Waals surface area contributed by atoms with Crippen molar-refractivity contribution in [2.45, 2.75) is 66.2 Å². The molecule has 0 radical (unpaired) electrons. The lowest BCUT2D eigenvalue weighted by molar-refractivity contribution is 0.273. The second-order valence-corrected chi connectivity index (χ2v) is 5.66. The molecule has 102 valence electrons. The van der Waals surface area contributed by atoms with Crippen LogP contribution in [-0.2, 0) is 0 Å². The van der Waals surface area contributed by atoms with Gasteiger partial charge in [0.2, 0.25) is 0 Å². The maximum atomic E-state index is 4.04. The zero-order valence-electron chi connectivity index (χ0n) is 12.5. The van der Waals surface area contributed by atoms with Crippen molar-refractivity contribution in [3.63, 3.8) is 0 Å². The van der Waals surface area contributed by atoms with Crippen LogP contribution in [-0.4, -0.2) is 13.1 Å². The molecule has 0 bridgehead atoms. The minimum absolute atomic E-state index is 0.267. The average Bonchev–Trinajstić information content (AvgIpc) is 2.35. The summed E-state index contributed by atoms with van der Waals surface area (Å²) in [4.78, 5) is 0. The Morgan fingerprint density at radius 3 is 2.41 bits per heavy atom. The van der Waals surface area contributed by atoms with Crippen LogP contribution in [0.5, 0.6) is 0 Å².